The van der Waals surface area contributed by atoms with E-state index in [-0.39, 0.29) is 24.3 Å². The molecule has 0 saturated heterocycles. The predicted octanol–water partition coefficient (Wildman–Crippen LogP) is 2.74. The van der Waals surface area contributed by atoms with E-state index in [2.05, 4.69) is 15.6 Å². The van der Waals surface area contributed by atoms with E-state index in [0.717, 1.165) is 5.56 Å². The third-order valence-corrected chi connectivity index (χ3v) is 4.07. The average molecular weight is 371 g/mol. The molecular weight excluding hydrogens is 346 g/mol. The number of aromatic nitrogens is 1. The number of anilines is 1. The Balaban J connectivity index is 2.14. The van der Waals surface area contributed by atoms with Crippen molar-refractivity contribution in [1.82, 2.24) is 10.3 Å². The van der Waals surface area contributed by atoms with E-state index in [1.807, 2.05) is 0 Å². The molecule has 7 nitrogen and oxygen atoms in total. The molecule has 2 rings (SSSR count). The highest BCUT2D eigenvalue weighted by atomic mass is 16.5. The molecule has 0 aliphatic heterocycles. The van der Waals surface area contributed by atoms with Gasteiger partial charge in [-0.2, -0.15) is 0 Å². The van der Waals surface area contributed by atoms with E-state index in [4.69, 9.17) is 4.74 Å². The van der Waals surface area contributed by atoms with Crippen LogP contribution in [0.3, 0.4) is 0 Å². The van der Waals surface area contributed by atoms with Gasteiger partial charge in [-0.05, 0) is 51.0 Å². The first-order valence-electron chi connectivity index (χ1n) is 8.74. The molecule has 1 aromatic heterocycles. The Kier molecular flexibility index (Phi) is 6.39. The zero-order chi connectivity index (χ0) is 20.1. The van der Waals surface area contributed by atoms with Gasteiger partial charge in [0.1, 0.15) is 5.69 Å². The first-order chi connectivity index (χ1) is 12.7. The molecule has 0 unspecified atom stereocenters. The number of hydrogen-bond acceptors (Lipinski definition) is 4. The Bertz CT molecular complexity index is 851. The molecule has 144 valence electrons. The first kappa shape index (κ1) is 20.2. The van der Waals surface area contributed by atoms with Crippen LogP contribution in [0.2, 0.25) is 0 Å². The third kappa shape index (κ3) is 4.97. The number of esters is 1. The van der Waals surface area contributed by atoms with Crippen molar-refractivity contribution in [2.75, 3.05) is 12.4 Å². The highest BCUT2D eigenvalue weighted by Gasteiger charge is 2.23. The fraction of sp³-hybridized carbons (Fsp3) is 0.350. The molecule has 1 aromatic carbocycles. The molecule has 27 heavy (non-hydrogen) atoms. The SMILES string of the molecule is CNC(=O)Cc1ccc(NC(=O)c2[nH]c(C)c(C(=O)OC(C)C)c2C)cc1. The standard InChI is InChI=1S/C20H25N3O4/c1-11(2)27-20(26)17-12(3)18(22-13(17)4)19(25)23-15-8-6-14(7-9-15)10-16(24)21-5/h6-9,11,22H,10H2,1-5H3,(H,21,24)(H,23,25). The van der Waals surface area contributed by atoms with Gasteiger partial charge in [0, 0.05) is 18.4 Å². The van der Waals surface area contributed by atoms with E-state index in [1.54, 1.807) is 59.0 Å². The van der Waals surface area contributed by atoms with Crippen LogP contribution in [0, 0.1) is 13.8 Å². The molecule has 3 N–H and O–H groups in total. The number of H-pyrrole nitrogens is 1. The van der Waals surface area contributed by atoms with Crippen LogP contribution >= 0.6 is 0 Å². The fourth-order valence-corrected chi connectivity index (χ4v) is 2.73. The van der Waals surface area contributed by atoms with Crippen molar-refractivity contribution in [3.63, 3.8) is 0 Å². The Hall–Kier alpha value is -3.09. The number of nitrogens with one attached hydrogen (secondary N) is 3. The van der Waals surface area contributed by atoms with Gasteiger partial charge < -0.3 is 20.4 Å². The van der Waals surface area contributed by atoms with Gasteiger partial charge in [0.05, 0.1) is 18.1 Å². The summed E-state index contributed by atoms with van der Waals surface area (Å²) in [4.78, 5) is 39.2. The zero-order valence-electron chi connectivity index (χ0n) is 16.2. The van der Waals surface area contributed by atoms with E-state index < -0.39 is 5.97 Å². The topological polar surface area (TPSA) is 100 Å². The number of rotatable bonds is 6. The highest BCUT2D eigenvalue weighted by molar-refractivity contribution is 6.06. The maximum Gasteiger partial charge on any atom is 0.340 e. The number of hydrogen-bond donors (Lipinski definition) is 3. The van der Waals surface area contributed by atoms with Crippen LogP contribution in [0.1, 0.15) is 51.5 Å². The zero-order valence-corrected chi connectivity index (χ0v) is 16.2. The predicted molar refractivity (Wildman–Crippen MR) is 103 cm³/mol. The number of amides is 2. The van der Waals surface area contributed by atoms with Crippen molar-refractivity contribution in [3.8, 4) is 0 Å². The molecule has 0 aliphatic rings. The van der Waals surface area contributed by atoms with Gasteiger partial charge in [0.15, 0.2) is 0 Å². The summed E-state index contributed by atoms with van der Waals surface area (Å²) in [5, 5.41) is 5.36. The summed E-state index contributed by atoms with van der Waals surface area (Å²) in [6.07, 6.45) is 0.0397. The Morgan fingerprint density at radius 3 is 2.30 bits per heavy atom. The summed E-state index contributed by atoms with van der Waals surface area (Å²) in [6, 6.07) is 7.02. The number of carbonyl (C=O) groups is 3. The van der Waals surface area contributed by atoms with Crippen LogP contribution in [0.5, 0.6) is 0 Å². The van der Waals surface area contributed by atoms with E-state index in [1.165, 1.54) is 0 Å². The molecule has 0 atom stereocenters. The van der Waals surface area contributed by atoms with Gasteiger partial charge in [-0.3, -0.25) is 9.59 Å². The maximum atomic E-state index is 12.6. The maximum absolute atomic E-state index is 12.6. The van der Waals surface area contributed by atoms with Gasteiger partial charge >= 0.3 is 5.97 Å². The first-order valence-corrected chi connectivity index (χ1v) is 8.74. The molecule has 0 aliphatic carbocycles. The van der Waals surface area contributed by atoms with Crippen molar-refractivity contribution < 1.29 is 19.1 Å². The van der Waals surface area contributed by atoms with Crippen LogP contribution in [0.4, 0.5) is 5.69 Å². The van der Waals surface area contributed by atoms with E-state index in [0.29, 0.717) is 28.2 Å². The minimum absolute atomic E-state index is 0.0786. The third-order valence-electron chi connectivity index (χ3n) is 4.07. The molecule has 0 spiro atoms. The van der Waals surface area contributed by atoms with Crippen LogP contribution in [0.25, 0.3) is 0 Å². The van der Waals surface area contributed by atoms with Gasteiger partial charge in [-0.15, -0.1) is 0 Å². The molecule has 2 amide bonds. The quantitative estimate of drug-likeness (QED) is 0.680. The number of ether oxygens (including phenoxy) is 1. The normalized spacial score (nSPS) is 10.6. The molecular formula is C20H25N3O4. The largest absolute Gasteiger partial charge is 0.459 e. The molecule has 0 radical (unpaired) electrons. The second kappa shape index (κ2) is 8.53. The van der Waals surface area contributed by atoms with Crippen molar-refractivity contribution >= 4 is 23.5 Å². The molecule has 0 saturated carbocycles. The molecule has 1 heterocycles. The Labute approximate surface area is 158 Å². The van der Waals surface area contributed by atoms with Gasteiger partial charge in [0.2, 0.25) is 5.91 Å². The van der Waals surface area contributed by atoms with Gasteiger partial charge in [0.25, 0.3) is 5.91 Å². The lowest BCUT2D eigenvalue weighted by Crippen LogP contribution is -2.20. The molecule has 0 fully saturated rings. The Morgan fingerprint density at radius 2 is 1.74 bits per heavy atom. The second-order valence-electron chi connectivity index (χ2n) is 6.58. The number of carbonyl (C=O) groups excluding carboxylic acids is 3. The summed E-state index contributed by atoms with van der Waals surface area (Å²) >= 11 is 0. The second-order valence-corrected chi connectivity index (χ2v) is 6.58. The minimum atomic E-state index is -0.450. The summed E-state index contributed by atoms with van der Waals surface area (Å²) in [5.74, 6) is -0.878. The monoisotopic (exact) mass is 371 g/mol. The highest BCUT2D eigenvalue weighted by Crippen LogP contribution is 2.21. The van der Waals surface area contributed by atoms with Crippen LogP contribution in [-0.2, 0) is 16.0 Å². The van der Waals surface area contributed by atoms with Crippen molar-refractivity contribution in [3.05, 3.63) is 52.3 Å². The smallest absolute Gasteiger partial charge is 0.340 e. The number of aryl methyl sites for hydroxylation is 1. The molecule has 0 bridgehead atoms. The number of likely N-dealkylation sites (N-methyl/N-ethyl adjacent to an activating group) is 1. The summed E-state index contributed by atoms with van der Waals surface area (Å²) < 4.78 is 5.24. The fourth-order valence-electron chi connectivity index (χ4n) is 2.73. The lowest BCUT2D eigenvalue weighted by Gasteiger charge is -2.08. The number of benzene rings is 1. The van der Waals surface area contributed by atoms with E-state index in [9.17, 15) is 14.4 Å². The van der Waals surface area contributed by atoms with Crippen molar-refractivity contribution in [2.45, 2.75) is 40.2 Å². The van der Waals surface area contributed by atoms with Gasteiger partial charge in [-0.25, -0.2) is 4.79 Å². The summed E-state index contributed by atoms with van der Waals surface area (Å²) in [6.45, 7) is 6.99. The summed E-state index contributed by atoms with van der Waals surface area (Å²) in [5.41, 5.74) is 3.28. The Morgan fingerprint density at radius 1 is 1.11 bits per heavy atom. The van der Waals surface area contributed by atoms with E-state index >= 15 is 0 Å². The lowest BCUT2D eigenvalue weighted by atomic mass is 10.1. The van der Waals surface area contributed by atoms with Crippen LogP contribution < -0.4 is 10.6 Å². The average Bonchev–Trinajstić information content (AvgIpc) is 2.90. The molecule has 2 aromatic rings. The minimum Gasteiger partial charge on any atom is -0.459 e. The van der Waals surface area contributed by atoms with Gasteiger partial charge in [-0.1, -0.05) is 12.1 Å². The number of aromatic amines is 1. The lowest BCUT2D eigenvalue weighted by molar-refractivity contribution is -0.119. The van der Waals surface area contributed by atoms with Crippen molar-refractivity contribution in [1.29, 1.82) is 0 Å². The molecule has 7 heteroatoms. The van der Waals surface area contributed by atoms with Crippen LogP contribution in [-0.4, -0.2) is 35.9 Å². The van der Waals surface area contributed by atoms with Crippen LogP contribution in [0.15, 0.2) is 24.3 Å². The van der Waals surface area contributed by atoms with Crippen molar-refractivity contribution in [2.24, 2.45) is 0 Å². The summed E-state index contributed by atoms with van der Waals surface area (Å²) in [7, 11) is 1.59.